The highest BCUT2D eigenvalue weighted by atomic mass is 16.5. The first-order valence-corrected chi connectivity index (χ1v) is 5.41. The van der Waals surface area contributed by atoms with E-state index in [1.165, 1.54) is 7.11 Å². The highest BCUT2D eigenvalue weighted by Gasteiger charge is 2.06. The Morgan fingerprint density at radius 2 is 1.72 bits per heavy atom. The Labute approximate surface area is 105 Å². The summed E-state index contributed by atoms with van der Waals surface area (Å²) in [6.07, 6.45) is 0. The van der Waals surface area contributed by atoms with Gasteiger partial charge in [-0.1, -0.05) is 12.1 Å². The van der Waals surface area contributed by atoms with E-state index in [4.69, 9.17) is 10.5 Å². The maximum atomic E-state index is 11.4. The van der Waals surface area contributed by atoms with Gasteiger partial charge in [0, 0.05) is 11.8 Å². The average molecular weight is 243 g/mol. The molecule has 2 N–H and O–H groups in total. The maximum Gasteiger partial charge on any atom is 0.337 e. The van der Waals surface area contributed by atoms with Crippen LogP contribution in [0.4, 0.5) is 5.69 Å². The van der Waals surface area contributed by atoms with Crippen LogP contribution in [-0.2, 0) is 4.74 Å². The van der Waals surface area contributed by atoms with E-state index < -0.39 is 5.97 Å². The summed E-state index contributed by atoms with van der Waals surface area (Å²) in [7, 11) is 1.34. The molecule has 2 aromatic carbocycles. The number of carbonyl (C=O) groups excluding carboxylic acids is 1. The normalized spacial score (nSPS) is 9.83. The van der Waals surface area contributed by atoms with Gasteiger partial charge in [0.25, 0.3) is 0 Å². The minimum atomic E-state index is -0.395. The first-order chi connectivity index (χ1) is 8.69. The minimum absolute atomic E-state index is 0.395. The van der Waals surface area contributed by atoms with Gasteiger partial charge in [0.15, 0.2) is 0 Å². The Morgan fingerprint density at radius 1 is 1.06 bits per heavy atom. The molecular weight excluding hydrogens is 230 g/mol. The molecule has 2 aromatic rings. The SMILES string of the molecule is COC(=O)c1cccc(Oc2cccc(N)c2)c1. The summed E-state index contributed by atoms with van der Waals surface area (Å²) in [5, 5.41) is 0. The highest BCUT2D eigenvalue weighted by molar-refractivity contribution is 5.89. The van der Waals surface area contributed by atoms with Gasteiger partial charge in [0.1, 0.15) is 11.5 Å². The Kier molecular flexibility index (Phi) is 3.48. The lowest BCUT2D eigenvalue weighted by Gasteiger charge is -2.07. The molecule has 4 nitrogen and oxygen atoms in total. The summed E-state index contributed by atoms with van der Waals surface area (Å²) in [5.41, 5.74) is 6.72. The van der Waals surface area contributed by atoms with E-state index in [0.29, 0.717) is 22.7 Å². The number of carbonyl (C=O) groups is 1. The first kappa shape index (κ1) is 12.0. The van der Waals surface area contributed by atoms with Gasteiger partial charge in [-0.25, -0.2) is 4.79 Å². The summed E-state index contributed by atoms with van der Waals surface area (Å²) < 4.78 is 10.3. The molecule has 0 saturated heterocycles. The summed E-state index contributed by atoms with van der Waals surface area (Å²) in [6.45, 7) is 0. The zero-order valence-electron chi connectivity index (χ0n) is 9.92. The van der Waals surface area contributed by atoms with E-state index in [2.05, 4.69) is 4.74 Å². The van der Waals surface area contributed by atoms with Gasteiger partial charge in [-0.15, -0.1) is 0 Å². The van der Waals surface area contributed by atoms with E-state index in [1.807, 2.05) is 0 Å². The molecule has 0 radical (unpaired) electrons. The molecule has 0 heterocycles. The van der Waals surface area contributed by atoms with Crippen molar-refractivity contribution in [2.45, 2.75) is 0 Å². The van der Waals surface area contributed by atoms with Crippen LogP contribution >= 0.6 is 0 Å². The van der Waals surface area contributed by atoms with Crippen LogP contribution in [-0.4, -0.2) is 13.1 Å². The molecule has 0 aromatic heterocycles. The van der Waals surface area contributed by atoms with Crippen LogP contribution in [0.5, 0.6) is 11.5 Å². The van der Waals surface area contributed by atoms with Gasteiger partial charge >= 0.3 is 5.97 Å². The zero-order chi connectivity index (χ0) is 13.0. The standard InChI is InChI=1S/C14H13NO3/c1-17-14(16)10-4-2-6-12(8-10)18-13-7-3-5-11(15)9-13/h2-9H,15H2,1H3. The lowest BCUT2D eigenvalue weighted by Crippen LogP contribution is -2.00. The van der Waals surface area contributed by atoms with E-state index in [-0.39, 0.29) is 0 Å². The third kappa shape index (κ3) is 2.79. The number of hydrogen-bond donors (Lipinski definition) is 1. The van der Waals surface area contributed by atoms with Crippen molar-refractivity contribution in [3.05, 3.63) is 54.1 Å². The van der Waals surface area contributed by atoms with Gasteiger partial charge in [-0.2, -0.15) is 0 Å². The number of nitrogens with two attached hydrogens (primary N) is 1. The fourth-order valence-corrected chi connectivity index (χ4v) is 1.52. The Bertz CT molecular complexity index is 566. The molecule has 0 amide bonds. The average Bonchev–Trinajstić information content (AvgIpc) is 2.38. The minimum Gasteiger partial charge on any atom is -0.465 e. The van der Waals surface area contributed by atoms with Crippen LogP contribution in [0.15, 0.2) is 48.5 Å². The quantitative estimate of drug-likeness (QED) is 0.665. The number of benzene rings is 2. The maximum absolute atomic E-state index is 11.4. The van der Waals surface area contributed by atoms with Crippen molar-refractivity contribution >= 4 is 11.7 Å². The second-order valence-electron chi connectivity index (χ2n) is 3.69. The molecule has 0 bridgehead atoms. The second-order valence-corrected chi connectivity index (χ2v) is 3.69. The van der Waals surface area contributed by atoms with Crippen molar-refractivity contribution in [1.29, 1.82) is 0 Å². The molecule has 0 aliphatic carbocycles. The monoisotopic (exact) mass is 243 g/mol. The number of nitrogen functional groups attached to an aromatic ring is 1. The molecule has 0 unspecified atom stereocenters. The second kappa shape index (κ2) is 5.23. The Balaban J connectivity index is 2.22. The van der Waals surface area contributed by atoms with Gasteiger partial charge in [-0.05, 0) is 30.3 Å². The molecule has 0 atom stereocenters. The molecule has 0 aliphatic rings. The van der Waals surface area contributed by atoms with Gasteiger partial charge < -0.3 is 15.2 Å². The largest absolute Gasteiger partial charge is 0.465 e. The molecular formula is C14H13NO3. The summed E-state index contributed by atoms with van der Waals surface area (Å²) in [4.78, 5) is 11.4. The van der Waals surface area contributed by atoms with Gasteiger partial charge in [-0.3, -0.25) is 0 Å². The number of esters is 1. The number of methoxy groups -OCH3 is 1. The third-order valence-corrected chi connectivity index (χ3v) is 2.35. The fraction of sp³-hybridized carbons (Fsp3) is 0.0714. The van der Waals surface area contributed by atoms with Crippen LogP contribution in [0.1, 0.15) is 10.4 Å². The number of rotatable bonds is 3. The Morgan fingerprint density at radius 3 is 2.39 bits per heavy atom. The smallest absolute Gasteiger partial charge is 0.337 e. The van der Waals surface area contributed by atoms with E-state index >= 15 is 0 Å². The molecule has 0 aliphatic heterocycles. The number of hydrogen-bond acceptors (Lipinski definition) is 4. The van der Waals surface area contributed by atoms with Crippen LogP contribution in [0, 0.1) is 0 Å². The predicted molar refractivity (Wildman–Crippen MR) is 68.7 cm³/mol. The number of ether oxygens (including phenoxy) is 2. The lowest BCUT2D eigenvalue weighted by atomic mass is 10.2. The number of anilines is 1. The summed E-state index contributed by atoms with van der Waals surface area (Å²) >= 11 is 0. The molecule has 4 heteroatoms. The molecule has 2 rings (SSSR count). The van der Waals surface area contributed by atoms with Crippen LogP contribution in [0.2, 0.25) is 0 Å². The highest BCUT2D eigenvalue weighted by Crippen LogP contribution is 2.23. The van der Waals surface area contributed by atoms with Crippen molar-refractivity contribution in [2.75, 3.05) is 12.8 Å². The van der Waals surface area contributed by atoms with Crippen LogP contribution in [0.25, 0.3) is 0 Å². The van der Waals surface area contributed by atoms with Gasteiger partial charge in [0.05, 0.1) is 12.7 Å². The predicted octanol–water partition coefficient (Wildman–Crippen LogP) is 2.85. The molecule has 0 saturated carbocycles. The van der Waals surface area contributed by atoms with Crippen LogP contribution < -0.4 is 10.5 Å². The van der Waals surface area contributed by atoms with Crippen molar-refractivity contribution in [1.82, 2.24) is 0 Å². The molecule has 18 heavy (non-hydrogen) atoms. The molecule has 0 spiro atoms. The third-order valence-electron chi connectivity index (χ3n) is 2.35. The Hall–Kier alpha value is -2.49. The zero-order valence-corrected chi connectivity index (χ0v) is 9.92. The van der Waals surface area contributed by atoms with Crippen molar-refractivity contribution in [3.8, 4) is 11.5 Å². The van der Waals surface area contributed by atoms with Crippen LogP contribution in [0.3, 0.4) is 0 Å². The molecule has 92 valence electrons. The van der Waals surface area contributed by atoms with Gasteiger partial charge in [0.2, 0.25) is 0 Å². The van der Waals surface area contributed by atoms with Crippen molar-refractivity contribution in [3.63, 3.8) is 0 Å². The fourth-order valence-electron chi connectivity index (χ4n) is 1.52. The van der Waals surface area contributed by atoms with Crippen molar-refractivity contribution < 1.29 is 14.3 Å². The van der Waals surface area contributed by atoms with E-state index in [9.17, 15) is 4.79 Å². The van der Waals surface area contributed by atoms with E-state index in [0.717, 1.165) is 0 Å². The molecule has 0 fully saturated rings. The lowest BCUT2D eigenvalue weighted by molar-refractivity contribution is 0.0600. The van der Waals surface area contributed by atoms with Crippen molar-refractivity contribution in [2.24, 2.45) is 0 Å². The van der Waals surface area contributed by atoms with E-state index in [1.54, 1.807) is 48.5 Å². The summed E-state index contributed by atoms with van der Waals surface area (Å²) in [6, 6.07) is 13.9. The topological polar surface area (TPSA) is 61.5 Å². The summed E-state index contributed by atoms with van der Waals surface area (Å²) in [5.74, 6) is 0.786. The first-order valence-electron chi connectivity index (χ1n) is 5.41.